The van der Waals surface area contributed by atoms with Crippen molar-refractivity contribution < 1.29 is 9.47 Å². The molecular formula is C15H12Br2Cl2O2. The smallest absolute Gasteiger partial charge is 0.133 e. The summed E-state index contributed by atoms with van der Waals surface area (Å²) in [5.74, 6) is 1.48. The largest absolute Gasteiger partial charge is 0.496 e. The first-order valence-electron chi connectivity index (χ1n) is 5.98. The van der Waals surface area contributed by atoms with Gasteiger partial charge in [0.1, 0.15) is 11.5 Å². The van der Waals surface area contributed by atoms with Gasteiger partial charge in [0.15, 0.2) is 0 Å². The van der Waals surface area contributed by atoms with E-state index in [1.165, 1.54) is 0 Å². The third-order valence-corrected chi connectivity index (χ3v) is 5.39. The van der Waals surface area contributed by atoms with Gasteiger partial charge in [-0.1, -0.05) is 45.2 Å². The van der Waals surface area contributed by atoms with Gasteiger partial charge in [0, 0.05) is 5.56 Å². The van der Waals surface area contributed by atoms with E-state index in [0.717, 1.165) is 27.1 Å². The van der Waals surface area contributed by atoms with Crippen LogP contribution in [-0.2, 0) is 0 Å². The molecule has 0 heterocycles. The van der Waals surface area contributed by atoms with Crippen LogP contribution in [-0.4, -0.2) is 14.2 Å². The molecule has 0 aliphatic carbocycles. The van der Waals surface area contributed by atoms with E-state index in [2.05, 4.69) is 31.9 Å². The molecule has 0 aliphatic rings. The second-order valence-corrected chi connectivity index (χ2v) is 6.85. The van der Waals surface area contributed by atoms with Crippen molar-refractivity contribution in [2.24, 2.45) is 0 Å². The topological polar surface area (TPSA) is 18.5 Å². The Morgan fingerprint density at radius 1 is 0.952 bits per heavy atom. The molecule has 0 saturated carbocycles. The van der Waals surface area contributed by atoms with Crippen molar-refractivity contribution in [2.45, 2.75) is 4.83 Å². The molecule has 6 heteroatoms. The van der Waals surface area contributed by atoms with Gasteiger partial charge < -0.3 is 9.47 Å². The number of hydrogen-bond acceptors (Lipinski definition) is 2. The molecule has 0 saturated heterocycles. The third kappa shape index (κ3) is 3.67. The molecule has 2 aromatic rings. The highest BCUT2D eigenvalue weighted by Gasteiger charge is 2.19. The Morgan fingerprint density at radius 3 is 2.19 bits per heavy atom. The zero-order chi connectivity index (χ0) is 15.6. The van der Waals surface area contributed by atoms with E-state index >= 15 is 0 Å². The Morgan fingerprint density at radius 2 is 1.62 bits per heavy atom. The quantitative estimate of drug-likeness (QED) is 0.508. The van der Waals surface area contributed by atoms with Crippen molar-refractivity contribution in [1.29, 1.82) is 0 Å². The Hall–Kier alpha value is -0.420. The summed E-state index contributed by atoms with van der Waals surface area (Å²) in [5.41, 5.74) is 1.92. The maximum Gasteiger partial charge on any atom is 0.133 e. The van der Waals surface area contributed by atoms with Gasteiger partial charge in [-0.2, -0.15) is 0 Å². The summed E-state index contributed by atoms with van der Waals surface area (Å²) in [7, 11) is 3.26. The maximum atomic E-state index is 6.09. The van der Waals surface area contributed by atoms with E-state index in [1.54, 1.807) is 20.3 Å². The van der Waals surface area contributed by atoms with Gasteiger partial charge in [0.25, 0.3) is 0 Å². The van der Waals surface area contributed by atoms with Crippen LogP contribution in [0.3, 0.4) is 0 Å². The molecule has 0 N–H and O–H groups in total. The Balaban J connectivity index is 2.50. The lowest BCUT2D eigenvalue weighted by Crippen LogP contribution is -1.99. The molecule has 0 aromatic heterocycles. The predicted molar refractivity (Wildman–Crippen MR) is 94.5 cm³/mol. The molecule has 21 heavy (non-hydrogen) atoms. The lowest BCUT2D eigenvalue weighted by molar-refractivity contribution is 0.397. The number of rotatable bonds is 4. The summed E-state index contributed by atoms with van der Waals surface area (Å²) < 4.78 is 11.6. The Kier molecular flexibility index (Phi) is 5.83. The Bertz CT molecular complexity index is 662. The summed E-state index contributed by atoms with van der Waals surface area (Å²) in [6.45, 7) is 0. The summed E-state index contributed by atoms with van der Waals surface area (Å²) in [6.07, 6.45) is 0. The summed E-state index contributed by atoms with van der Waals surface area (Å²) in [5, 5.41) is 1.04. The molecule has 0 bridgehead atoms. The van der Waals surface area contributed by atoms with Crippen LogP contribution >= 0.6 is 55.1 Å². The van der Waals surface area contributed by atoms with Gasteiger partial charge in [-0.15, -0.1) is 0 Å². The van der Waals surface area contributed by atoms with Gasteiger partial charge in [-0.25, -0.2) is 0 Å². The SMILES string of the molecule is COc1cc(C(Br)c2ccc(Cl)c(Cl)c2)c(OC)cc1Br. The number of ether oxygens (including phenoxy) is 2. The molecule has 2 aromatic carbocycles. The summed E-state index contributed by atoms with van der Waals surface area (Å²) in [6, 6.07) is 9.32. The fourth-order valence-corrected chi connectivity index (χ4v) is 3.37. The first-order chi connectivity index (χ1) is 9.97. The van der Waals surface area contributed by atoms with Gasteiger partial charge in [0.2, 0.25) is 0 Å². The summed E-state index contributed by atoms with van der Waals surface area (Å²) >= 11 is 19.2. The monoisotopic (exact) mass is 452 g/mol. The fraction of sp³-hybridized carbons (Fsp3) is 0.200. The van der Waals surface area contributed by atoms with E-state index in [1.807, 2.05) is 24.3 Å². The van der Waals surface area contributed by atoms with Crippen LogP contribution in [0.25, 0.3) is 0 Å². The highest BCUT2D eigenvalue weighted by Crippen LogP contribution is 2.42. The average Bonchev–Trinajstić information content (AvgIpc) is 2.49. The molecule has 2 nitrogen and oxygen atoms in total. The van der Waals surface area contributed by atoms with Gasteiger partial charge in [-0.05, 0) is 45.8 Å². The lowest BCUT2D eigenvalue weighted by atomic mass is 10.0. The van der Waals surface area contributed by atoms with Crippen LogP contribution < -0.4 is 9.47 Å². The van der Waals surface area contributed by atoms with Crippen LogP contribution in [0.15, 0.2) is 34.8 Å². The Labute approximate surface area is 150 Å². The van der Waals surface area contributed by atoms with E-state index < -0.39 is 0 Å². The normalized spacial score (nSPS) is 12.1. The zero-order valence-electron chi connectivity index (χ0n) is 11.3. The number of methoxy groups -OCH3 is 2. The standard InChI is InChI=1S/C15H12Br2Cl2O2/c1-20-13-7-10(16)14(21-2)6-9(13)15(17)8-3-4-11(18)12(19)5-8/h3-7,15H,1-2H3. The number of hydrogen-bond donors (Lipinski definition) is 0. The van der Waals surface area contributed by atoms with Crippen LogP contribution in [0.5, 0.6) is 11.5 Å². The second kappa shape index (κ2) is 7.23. The van der Waals surface area contributed by atoms with E-state index in [4.69, 9.17) is 32.7 Å². The van der Waals surface area contributed by atoms with E-state index in [-0.39, 0.29) is 4.83 Å². The van der Waals surface area contributed by atoms with Crippen molar-refractivity contribution in [1.82, 2.24) is 0 Å². The minimum Gasteiger partial charge on any atom is -0.496 e. The first kappa shape index (κ1) is 16.9. The third-order valence-electron chi connectivity index (χ3n) is 3.01. The van der Waals surface area contributed by atoms with Crippen molar-refractivity contribution >= 4 is 55.1 Å². The molecular weight excluding hydrogens is 443 g/mol. The summed E-state index contributed by atoms with van der Waals surface area (Å²) in [4.78, 5) is -0.0933. The molecule has 0 aliphatic heterocycles. The molecule has 0 fully saturated rings. The van der Waals surface area contributed by atoms with Crippen molar-refractivity contribution in [3.8, 4) is 11.5 Å². The number of halogens is 4. The molecule has 2 rings (SSSR count). The first-order valence-corrected chi connectivity index (χ1v) is 8.44. The highest BCUT2D eigenvalue weighted by molar-refractivity contribution is 9.10. The van der Waals surface area contributed by atoms with Gasteiger partial charge in [-0.3, -0.25) is 0 Å². The van der Waals surface area contributed by atoms with Gasteiger partial charge >= 0.3 is 0 Å². The minimum atomic E-state index is -0.0933. The van der Waals surface area contributed by atoms with E-state index in [9.17, 15) is 0 Å². The average molecular weight is 455 g/mol. The van der Waals surface area contributed by atoms with Crippen molar-refractivity contribution in [2.75, 3.05) is 14.2 Å². The molecule has 0 amide bonds. The van der Waals surface area contributed by atoms with Crippen molar-refractivity contribution in [3.05, 3.63) is 56.0 Å². The minimum absolute atomic E-state index is 0.0933. The molecule has 112 valence electrons. The lowest BCUT2D eigenvalue weighted by Gasteiger charge is -2.17. The van der Waals surface area contributed by atoms with Crippen LogP contribution in [0.4, 0.5) is 0 Å². The highest BCUT2D eigenvalue weighted by atomic mass is 79.9. The maximum absolute atomic E-state index is 6.09. The molecule has 1 unspecified atom stereocenters. The van der Waals surface area contributed by atoms with Crippen LogP contribution in [0.2, 0.25) is 10.0 Å². The second-order valence-electron chi connectivity index (χ2n) is 4.26. The van der Waals surface area contributed by atoms with Crippen LogP contribution in [0.1, 0.15) is 16.0 Å². The van der Waals surface area contributed by atoms with Gasteiger partial charge in [0.05, 0.1) is 33.6 Å². The molecule has 0 radical (unpaired) electrons. The number of benzene rings is 2. The predicted octanol–water partition coefficient (Wildman–Crippen LogP) is 6.26. The zero-order valence-corrected chi connectivity index (χ0v) is 16.0. The van der Waals surface area contributed by atoms with Crippen LogP contribution in [0, 0.1) is 0 Å². The molecule has 0 spiro atoms. The van der Waals surface area contributed by atoms with E-state index in [0.29, 0.717) is 10.0 Å². The number of alkyl halides is 1. The molecule has 1 atom stereocenters. The fourth-order valence-electron chi connectivity index (χ4n) is 1.93. The van der Waals surface area contributed by atoms with Crippen molar-refractivity contribution in [3.63, 3.8) is 0 Å².